The zero-order chi connectivity index (χ0) is 22.2. The molecule has 1 heterocycles. The topological polar surface area (TPSA) is 76.5 Å². The molecule has 0 radical (unpaired) electrons. The number of benzene rings is 2. The van der Waals surface area contributed by atoms with E-state index in [0.29, 0.717) is 43.1 Å². The van der Waals surface area contributed by atoms with Crippen molar-refractivity contribution in [3.05, 3.63) is 71.9 Å². The van der Waals surface area contributed by atoms with Crippen LogP contribution in [0.3, 0.4) is 0 Å². The van der Waals surface area contributed by atoms with Gasteiger partial charge >= 0.3 is 0 Å². The molecule has 162 valence electrons. The van der Waals surface area contributed by atoms with Gasteiger partial charge in [0.2, 0.25) is 5.91 Å². The molecular weight excluding hydrogens is 392 g/mol. The number of carbonyl (C=O) groups excluding carboxylic acids is 2. The average Bonchev–Trinajstić information content (AvgIpc) is 3.18. The number of amides is 1. The second-order valence-electron chi connectivity index (χ2n) is 7.52. The fourth-order valence-electron chi connectivity index (χ4n) is 3.05. The highest BCUT2D eigenvalue weighted by atomic mass is 16.5. The van der Waals surface area contributed by atoms with Gasteiger partial charge in [0.25, 0.3) is 0 Å². The van der Waals surface area contributed by atoms with Crippen molar-refractivity contribution in [2.75, 3.05) is 30.9 Å². The molecule has 1 aromatic heterocycles. The molecule has 0 aliphatic rings. The molecule has 0 saturated carbocycles. The maximum absolute atomic E-state index is 12.3. The Bertz CT molecular complexity index is 1010. The van der Waals surface area contributed by atoms with Crippen molar-refractivity contribution in [3.63, 3.8) is 0 Å². The summed E-state index contributed by atoms with van der Waals surface area (Å²) in [7, 11) is 4.01. The van der Waals surface area contributed by atoms with E-state index in [1.165, 1.54) is 6.92 Å². The summed E-state index contributed by atoms with van der Waals surface area (Å²) in [4.78, 5) is 25.7. The lowest BCUT2D eigenvalue weighted by Crippen LogP contribution is -2.16. The molecular formula is C24H28N4O3. The number of hydrogen-bond acceptors (Lipinski definition) is 5. The Morgan fingerprint density at radius 1 is 1.03 bits per heavy atom. The molecule has 0 aliphatic carbocycles. The summed E-state index contributed by atoms with van der Waals surface area (Å²) in [6, 6.07) is 17.0. The minimum atomic E-state index is -0.0831. The molecule has 1 amide bonds. The number of ketones is 1. The lowest BCUT2D eigenvalue weighted by atomic mass is 10.1. The Balaban J connectivity index is 1.44. The van der Waals surface area contributed by atoms with Crippen molar-refractivity contribution < 1.29 is 14.3 Å². The third kappa shape index (κ3) is 6.44. The van der Waals surface area contributed by atoms with Crippen LogP contribution < -0.4 is 15.0 Å². The molecule has 0 saturated heterocycles. The van der Waals surface area contributed by atoms with E-state index in [1.54, 1.807) is 41.2 Å². The lowest BCUT2D eigenvalue weighted by molar-refractivity contribution is -0.116. The molecule has 1 N–H and O–H groups in total. The average molecular weight is 421 g/mol. The van der Waals surface area contributed by atoms with E-state index >= 15 is 0 Å². The van der Waals surface area contributed by atoms with Crippen molar-refractivity contribution >= 4 is 23.2 Å². The van der Waals surface area contributed by atoms with Crippen LogP contribution in [0.5, 0.6) is 5.75 Å². The van der Waals surface area contributed by atoms with Crippen molar-refractivity contribution in [2.45, 2.75) is 26.3 Å². The van der Waals surface area contributed by atoms with Gasteiger partial charge in [0.15, 0.2) is 5.78 Å². The second kappa shape index (κ2) is 10.4. The molecule has 0 spiro atoms. The van der Waals surface area contributed by atoms with Crippen LogP contribution in [0.25, 0.3) is 0 Å². The van der Waals surface area contributed by atoms with Gasteiger partial charge in [0.1, 0.15) is 11.6 Å². The van der Waals surface area contributed by atoms with Gasteiger partial charge in [-0.1, -0.05) is 12.1 Å². The number of anilines is 2. The Hall–Kier alpha value is -3.61. The minimum Gasteiger partial charge on any atom is -0.494 e. The standard InChI is InChI=1S/C24H28N4O3/c1-18(29)20-8-12-22(13-9-20)31-16-4-5-24(30)26-23-14-15-25-28(23)17-19-6-10-21(11-7-19)27(2)3/h6-15H,4-5,16-17H2,1-3H3,(H,26,30). The SMILES string of the molecule is CC(=O)c1ccc(OCCCC(=O)Nc2ccnn2Cc2ccc(N(C)C)cc2)cc1. The van der Waals surface area contributed by atoms with E-state index in [4.69, 9.17) is 4.74 Å². The predicted octanol–water partition coefficient (Wildman–Crippen LogP) is 4.00. The monoisotopic (exact) mass is 420 g/mol. The Morgan fingerprint density at radius 3 is 2.39 bits per heavy atom. The van der Waals surface area contributed by atoms with E-state index in [-0.39, 0.29) is 11.7 Å². The summed E-state index contributed by atoms with van der Waals surface area (Å²) >= 11 is 0. The van der Waals surface area contributed by atoms with Gasteiger partial charge in [0.05, 0.1) is 19.3 Å². The van der Waals surface area contributed by atoms with Crippen molar-refractivity contribution in [1.29, 1.82) is 0 Å². The molecule has 7 heteroatoms. The van der Waals surface area contributed by atoms with E-state index in [0.717, 1.165) is 11.3 Å². The van der Waals surface area contributed by atoms with Gasteiger partial charge in [-0.05, 0) is 55.3 Å². The molecule has 3 aromatic rings. The van der Waals surface area contributed by atoms with E-state index < -0.39 is 0 Å². The first-order valence-electron chi connectivity index (χ1n) is 10.2. The number of nitrogens with one attached hydrogen (secondary N) is 1. The number of nitrogens with zero attached hydrogens (tertiary/aromatic N) is 3. The summed E-state index contributed by atoms with van der Waals surface area (Å²) in [6.45, 7) is 2.53. The van der Waals surface area contributed by atoms with E-state index in [1.807, 2.05) is 19.0 Å². The van der Waals surface area contributed by atoms with Crippen LogP contribution in [0, 0.1) is 0 Å². The summed E-state index contributed by atoms with van der Waals surface area (Å²) < 4.78 is 7.42. The normalized spacial score (nSPS) is 10.5. The van der Waals surface area contributed by atoms with Gasteiger partial charge in [-0.15, -0.1) is 0 Å². The zero-order valence-corrected chi connectivity index (χ0v) is 18.2. The Morgan fingerprint density at radius 2 is 1.74 bits per heavy atom. The third-order valence-electron chi connectivity index (χ3n) is 4.85. The first kappa shape index (κ1) is 22.1. The van der Waals surface area contributed by atoms with Crippen LogP contribution in [0.15, 0.2) is 60.8 Å². The minimum absolute atomic E-state index is 0.0213. The van der Waals surface area contributed by atoms with Crippen molar-refractivity contribution in [2.24, 2.45) is 0 Å². The molecule has 7 nitrogen and oxygen atoms in total. The van der Waals surface area contributed by atoms with Gasteiger partial charge < -0.3 is 15.0 Å². The number of hydrogen-bond donors (Lipinski definition) is 1. The van der Waals surface area contributed by atoms with E-state index in [2.05, 4.69) is 34.7 Å². The van der Waals surface area contributed by atoms with Gasteiger partial charge in [-0.2, -0.15) is 5.10 Å². The molecule has 2 aromatic carbocycles. The number of aromatic nitrogens is 2. The number of ether oxygens (including phenoxy) is 1. The molecule has 0 aliphatic heterocycles. The Kier molecular flexibility index (Phi) is 7.43. The molecule has 0 bridgehead atoms. The largest absolute Gasteiger partial charge is 0.494 e. The molecule has 31 heavy (non-hydrogen) atoms. The smallest absolute Gasteiger partial charge is 0.225 e. The van der Waals surface area contributed by atoms with Crippen LogP contribution in [0.1, 0.15) is 35.7 Å². The van der Waals surface area contributed by atoms with Gasteiger partial charge in [-0.3, -0.25) is 9.59 Å². The summed E-state index contributed by atoms with van der Waals surface area (Å²) in [5.74, 6) is 1.29. The van der Waals surface area contributed by atoms with Crippen LogP contribution >= 0.6 is 0 Å². The molecule has 0 fully saturated rings. The fraction of sp³-hybridized carbons (Fsp3) is 0.292. The summed E-state index contributed by atoms with van der Waals surface area (Å²) in [6.07, 6.45) is 2.60. The van der Waals surface area contributed by atoms with Gasteiger partial charge in [0, 0.05) is 37.8 Å². The van der Waals surface area contributed by atoms with Crippen LogP contribution in [-0.2, 0) is 11.3 Å². The van der Waals surface area contributed by atoms with E-state index in [9.17, 15) is 9.59 Å². The zero-order valence-electron chi connectivity index (χ0n) is 18.2. The lowest BCUT2D eigenvalue weighted by Gasteiger charge is -2.13. The summed E-state index contributed by atoms with van der Waals surface area (Å²) in [5, 5.41) is 7.24. The molecule has 0 unspecified atom stereocenters. The quantitative estimate of drug-likeness (QED) is 0.396. The highest BCUT2D eigenvalue weighted by Crippen LogP contribution is 2.16. The van der Waals surface area contributed by atoms with Crippen molar-refractivity contribution in [1.82, 2.24) is 9.78 Å². The predicted molar refractivity (Wildman–Crippen MR) is 122 cm³/mol. The maximum Gasteiger partial charge on any atom is 0.225 e. The molecule has 3 rings (SSSR count). The number of Topliss-reactive ketones (excluding diaryl/α,β-unsaturated/α-hetero) is 1. The van der Waals surface area contributed by atoms with Crippen molar-refractivity contribution in [3.8, 4) is 5.75 Å². The number of carbonyl (C=O) groups is 2. The van der Waals surface area contributed by atoms with Crippen LogP contribution in [-0.4, -0.2) is 42.2 Å². The summed E-state index contributed by atoms with van der Waals surface area (Å²) in [5.41, 5.74) is 2.89. The highest BCUT2D eigenvalue weighted by molar-refractivity contribution is 5.94. The van der Waals surface area contributed by atoms with Crippen LogP contribution in [0.2, 0.25) is 0 Å². The Labute approximate surface area is 182 Å². The fourth-order valence-corrected chi connectivity index (χ4v) is 3.05. The number of rotatable bonds is 10. The third-order valence-corrected chi connectivity index (χ3v) is 4.85. The highest BCUT2D eigenvalue weighted by Gasteiger charge is 2.08. The van der Waals surface area contributed by atoms with Gasteiger partial charge in [-0.25, -0.2) is 4.68 Å². The maximum atomic E-state index is 12.3. The first-order valence-corrected chi connectivity index (χ1v) is 10.2. The first-order chi connectivity index (χ1) is 14.9. The van der Waals surface area contributed by atoms with Crippen LogP contribution in [0.4, 0.5) is 11.5 Å². The molecule has 0 atom stereocenters. The second-order valence-corrected chi connectivity index (χ2v) is 7.52.